The first-order chi connectivity index (χ1) is 10.1. The topological polar surface area (TPSA) is 93.1 Å². The van der Waals surface area contributed by atoms with Gasteiger partial charge < -0.3 is 9.84 Å². The second-order valence-corrected chi connectivity index (χ2v) is 7.23. The molecule has 1 aliphatic rings. The quantitative estimate of drug-likeness (QED) is 0.847. The molecule has 1 aromatic rings. The summed E-state index contributed by atoms with van der Waals surface area (Å²) in [5.41, 5.74) is -0.0741. The largest absolute Gasteiger partial charge is 0.465 e. The second-order valence-electron chi connectivity index (χ2n) is 5.62. The molecule has 1 aliphatic heterocycles. The Hall–Kier alpha value is -1.64. The van der Waals surface area contributed by atoms with E-state index in [0.717, 1.165) is 10.5 Å². The summed E-state index contributed by atoms with van der Waals surface area (Å²) >= 11 is 0. The monoisotopic (exact) mass is 329 g/mol. The number of ether oxygens (including phenoxy) is 1. The van der Waals surface area contributed by atoms with E-state index in [2.05, 4.69) is 0 Å². The van der Waals surface area contributed by atoms with E-state index in [4.69, 9.17) is 8.92 Å². The van der Waals surface area contributed by atoms with Gasteiger partial charge in [0.15, 0.2) is 0 Å². The van der Waals surface area contributed by atoms with Gasteiger partial charge in [0.2, 0.25) is 0 Å². The Bertz CT molecular complexity index is 652. The Labute approximate surface area is 129 Å². The van der Waals surface area contributed by atoms with Crippen LogP contribution >= 0.6 is 0 Å². The summed E-state index contributed by atoms with van der Waals surface area (Å²) < 4.78 is 34.6. The fourth-order valence-corrected chi connectivity index (χ4v) is 3.28. The molecule has 0 aliphatic carbocycles. The van der Waals surface area contributed by atoms with Crippen LogP contribution in [-0.4, -0.2) is 49.5 Å². The maximum Gasteiger partial charge on any atom is 0.409 e. The van der Waals surface area contributed by atoms with Gasteiger partial charge in [0, 0.05) is 0 Å². The number of rotatable bonds is 4. The molecule has 0 aromatic heterocycles. The molecule has 8 heteroatoms. The van der Waals surface area contributed by atoms with Crippen LogP contribution in [0.1, 0.15) is 19.4 Å². The highest BCUT2D eigenvalue weighted by molar-refractivity contribution is 7.86. The zero-order valence-corrected chi connectivity index (χ0v) is 13.5. The molecular weight excluding hydrogens is 310 g/mol. The van der Waals surface area contributed by atoms with E-state index in [0.29, 0.717) is 0 Å². The fraction of sp³-hybridized carbons (Fsp3) is 0.500. The van der Waals surface area contributed by atoms with Crippen molar-refractivity contribution in [3.63, 3.8) is 0 Å². The first-order valence-corrected chi connectivity index (χ1v) is 8.16. The van der Waals surface area contributed by atoms with E-state index >= 15 is 0 Å². The molecule has 1 unspecified atom stereocenters. The number of carbonyl (C=O) groups is 1. The van der Waals surface area contributed by atoms with Crippen molar-refractivity contribution < 1.29 is 27.2 Å². The van der Waals surface area contributed by atoms with Crippen LogP contribution in [0, 0.1) is 6.92 Å². The molecule has 1 N–H and O–H groups in total. The van der Waals surface area contributed by atoms with Gasteiger partial charge in [0.1, 0.15) is 5.72 Å². The van der Waals surface area contributed by atoms with Crippen molar-refractivity contribution in [1.29, 1.82) is 0 Å². The summed E-state index contributed by atoms with van der Waals surface area (Å²) in [5.74, 6) is 0. The Morgan fingerprint density at radius 3 is 2.55 bits per heavy atom. The van der Waals surface area contributed by atoms with Gasteiger partial charge in [-0.3, -0.25) is 9.08 Å². The lowest BCUT2D eigenvalue weighted by Gasteiger charge is -2.30. The maximum absolute atomic E-state index is 12.1. The number of hydrogen-bond acceptors (Lipinski definition) is 5. The van der Waals surface area contributed by atoms with E-state index in [9.17, 15) is 18.3 Å². The van der Waals surface area contributed by atoms with Crippen molar-refractivity contribution in [2.24, 2.45) is 0 Å². The molecule has 7 nitrogen and oxygen atoms in total. The predicted octanol–water partition coefficient (Wildman–Crippen LogP) is 1.82. The van der Waals surface area contributed by atoms with Crippen molar-refractivity contribution in [1.82, 2.24) is 4.90 Å². The smallest absolute Gasteiger partial charge is 0.409 e. The van der Waals surface area contributed by atoms with Crippen LogP contribution in [0.4, 0.5) is 4.79 Å². The van der Waals surface area contributed by atoms with Crippen molar-refractivity contribution in [2.45, 2.75) is 37.4 Å². The van der Waals surface area contributed by atoms with Crippen LogP contribution in [0.25, 0.3) is 0 Å². The molecule has 122 valence electrons. The Morgan fingerprint density at radius 2 is 2.00 bits per heavy atom. The van der Waals surface area contributed by atoms with E-state index in [1.165, 1.54) is 12.1 Å². The number of nitrogens with zero attached hydrogens (tertiary/aromatic N) is 1. The number of benzene rings is 1. The number of hydrogen-bond donors (Lipinski definition) is 1. The van der Waals surface area contributed by atoms with Gasteiger partial charge in [-0.1, -0.05) is 17.7 Å². The lowest BCUT2D eigenvalue weighted by molar-refractivity contribution is -0.0429. The zero-order valence-electron chi connectivity index (χ0n) is 12.6. The Morgan fingerprint density at radius 1 is 1.41 bits per heavy atom. The molecule has 0 radical (unpaired) electrons. The zero-order chi connectivity index (χ0) is 16.5. The van der Waals surface area contributed by atoms with Gasteiger partial charge in [-0.2, -0.15) is 8.42 Å². The first-order valence-electron chi connectivity index (χ1n) is 6.76. The number of carboxylic acid groups (broad SMARTS) is 1. The first kappa shape index (κ1) is 16.7. The molecule has 22 heavy (non-hydrogen) atoms. The molecule has 1 aromatic carbocycles. The van der Waals surface area contributed by atoms with Crippen LogP contribution in [0.3, 0.4) is 0 Å². The molecule has 2 rings (SSSR count). The minimum absolute atomic E-state index is 0.0400. The van der Waals surface area contributed by atoms with Gasteiger partial charge in [-0.25, -0.2) is 4.79 Å². The van der Waals surface area contributed by atoms with Crippen LogP contribution in [0.2, 0.25) is 0 Å². The molecular formula is C14H19NO6S. The summed E-state index contributed by atoms with van der Waals surface area (Å²) in [6.45, 7) is 4.86. The van der Waals surface area contributed by atoms with E-state index < -0.39 is 28.0 Å². The van der Waals surface area contributed by atoms with Gasteiger partial charge >= 0.3 is 6.09 Å². The summed E-state index contributed by atoms with van der Waals surface area (Å²) in [5, 5.41) is 9.24. The van der Waals surface area contributed by atoms with Crippen molar-refractivity contribution in [3.8, 4) is 0 Å². The molecule has 1 heterocycles. The number of amides is 1. The lowest BCUT2D eigenvalue weighted by atomic mass is 10.2. The third-order valence-electron chi connectivity index (χ3n) is 3.51. The fourth-order valence-electron chi connectivity index (χ4n) is 2.33. The summed E-state index contributed by atoms with van der Waals surface area (Å²) in [4.78, 5) is 12.4. The average molecular weight is 329 g/mol. The van der Waals surface area contributed by atoms with E-state index in [-0.39, 0.29) is 18.1 Å². The number of aryl methyl sites for hydroxylation is 1. The van der Waals surface area contributed by atoms with Gasteiger partial charge in [0.25, 0.3) is 10.1 Å². The second kappa shape index (κ2) is 5.86. The lowest BCUT2D eigenvalue weighted by Crippen LogP contribution is -2.48. The maximum atomic E-state index is 12.1. The normalized spacial score (nSPS) is 21.0. The average Bonchev–Trinajstić information content (AvgIpc) is 2.72. The highest BCUT2D eigenvalue weighted by Gasteiger charge is 2.44. The summed E-state index contributed by atoms with van der Waals surface area (Å²) in [6, 6.07) is 5.57. The Kier molecular flexibility index (Phi) is 4.46. The standard InChI is InChI=1S/C14H19NO6S/c1-10-4-6-12(7-5-10)22(18,19)21-9-11-8-20-14(2,3)15(11)13(16)17/h4-7,11H,8-9H2,1-3H3,(H,16,17). The third kappa shape index (κ3) is 3.40. The minimum Gasteiger partial charge on any atom is -0.465 e. The highest BCUT2D eigenvalue weighted by atomic mass is 32.2. The van der Waals surface area contributed by atoms with Crippen molar-refractivity contribution >= 4 is 16.2 Å². The summed E-state index contributed by atoms with van der Waals surface area (Å²) in [6.07, 6.45) is -1.18. The predicted molar refractivity (Wildman–Crippen MR) is 78.0 cm³/mol. The SMILES string of the molecule is Cc1ccc(S(=O)(=O)OCC2COC(C)(C)N2C(=O)O)cc1. The Balaban J connectivity index is 2.09. The van der Waals surface area contributed by atoms with Crippen molar-refractivity contribution in [3.05, 3.63) is 29.8 Å². The molecule has 0 saturated carbocycles. The van der Waals surface area contributed by atoms with Crippen LogP contribution < -0.4 is 0 Å². The van der Waals surface area contributed by atoms with Crippen LogP contribution in [0.15, 0.2) is 29.2 Å². The van der Waals surface area contributed by atoms with Crippen LogP contribution in [-0.2, 0) is 19.0 Å². The van der Waals surface area contributed by atoms with E-state index in [1.807, 2.05) is 6.92 Å². The molecule has 1 amide bonds. The van der Waals surface area contributed by atoms with Crippen molar-refractivity contribution in [2.75, 3.05) is 13.2 Å². The van der Waals surface area contributed by atoms with Gasteiger partial charge in [-0.05, 0) is 32.9 Å². The molecule has 1 fully saturated rings. The van der Waals surface area contributed by atoms with Crippen LogP contribution in [0.5, 0.6) is 0 Å². The summed E-state index contributed by atoms with van der Waals surface area (Å²) in [7, 11) is -3.93. The van der Waals surface area contributed by atoms with Gasteiger partial charge in [0.05, 0.1) is 24.2 Å². The highest BCUT2D eigenvalue weighted by Crippen LogP contribution is 2.28. The molecule has 0 bridgehead atoms. The molecule has 1 atom stereocenters. The molecule has 0 spiro atoms. The molecule has 1 saturated heterocycles. The van der Waals surface area contributed by atoms with E-state index in [1.54, 1.807) is 26.0 Å². The third-order valence-corrected chi connectivity index (χ3v) is 4.80. The minimum atomic E-state index is -3.93. The van der Waals surface area contributed by atoms with Gasteiger partial charge in [-0.15, -0.1) is 0 Å².